The van der Waals surface area contributed by atoms with Gasteiger partial charge in [0, 0.05) is 5.75 Å². The minimum atomic E-state index is -0.0828. The summed E-state index contributed by atoms with van der Waals surface area (Å²) in [6, 6.07) is 0. The quantitative estimate of drug-likeness (QED) is 0.712. The molecule has 2 saturated carbocycles. The molecular weight excluding hydrogens is 196 g/mol. The number of aliphatic hydroxyl groups is 1. The van der Waals surface area contributed by atoms with Gasteiger partial charge in [-0.25, -0.2) is 0 Å². The van der Waals surface area contributed by atoms with Crippen molar-refractivity contribution >= 4 is 12.0 Å². The van der Waals surface area contributed by atoms with Crippen LogP contribution in [0.3, 0.4) is 0 Å². The molecule has 2 fully saturated rings. The molecule has 0 aromatic carbocycles. The van der Waals surface area contributed by atoms with Crippen molar-refractivity contribution in [1.29, 1.82) is 0 Å². The summed E-state index contributed by atoms with van der Waals surface area (Å²) in [5.74, 6) is 2.97. The van der Waals surface area contributed by atoms with Crippen molar-refractivity contribution in [2.45, 2.75) is 39.2 Å². The molecule has 2 nitrogen and oxygen atoms in total. The number of hydrogen-bond acceptors (Lipinski definition) is 3. The van der Waals surface area contributed by atoms with Crippen LogP contribution in [-0.4, -0.2) is 21.5 Å². The number of rotatable bonds is 3. The van der Waals surface area contributed by atoms with E-state index in [1.54, 1.807) is 0 Å². The Balaban J connectivity index is 2.07. The van der Waals surface area contributed by atoms with Crippen molar-refractivity contribution in [3.05, 3.63) is 0 Å². The Bertz CT molecular complexity index is 219. The van der Waals surface area contributed by atoms with Gasteiger partial charge in [0.15, 0.2) is 0 Å². The Morgan fingerprint density at radius 2 is 2.21 bits per heavy atom. The van der Waals surface area contributed by atoms with Crippen LogP contribution in [0.1, 0.15) is 33.1 Å². The lowest BCUT2D eigenvalue weighted by Gasteiger charge is -2.24. The van der Waals surface area contributed by atoms with Gasteiger partial charge in [0.25, 0.3) is 0 Å². The third kappa shape index (κ3) is 1.50. The molecule has 4 unspecified atom stereocenters. The lowest BCUT2D eigenvalue weighted by atomic mass is 9.87. The first-order valence-electron chi connectivity index (χ1n) is 5.56. The first kappa shape index (κ1) is 10.8. The molecule has 0 bridgehead atoms. The van der Waals surface area contributed by atoms with E-state index in [0.29, 0.717) is 17.3 Å². The Morgan fingerprint density at radius 3 is 2.79 bits per heavy atom. The molecule has 0 amide bonds. The van der Waals surface area contributed by atoms with Crippen LogP contribution in [0, 0.1) is 23.2 Å². The molecule has 2 aliphatic rings. The minimum Gasteiger partial charge on any atom is -0.393 e. The molecule has 0 aliphatic heterocycles. The SMILES string of the molecule is CC(C)C1C2CC(O)CCC21CSO. The zero-order chi connectivity index (χ0) is 10.3. The maximum Gasteiger partial charge on any atom is 0.0543 e. The van der Waals surface area contributed by atoms with E-state index in [4.69, 9.17) is 4.55 Å². The summed E-state index contributed by atoms with van der Waals surface area (Å²) in [6.45, 7) is 4.53. The zero-order valence-corrected chi connectivity index (χ0v) is 9.76. The van der Waals surface area contributed by atoms with Gasteiger partial charge < -0.3 is 9.66 Å². The number of hydrogen-bond donors (Lipinski definition) is 2. The topological polar surface area (TPSA) is 40.5 Å². The number of aliphatic hydroxyl groups excluding tert-OH is 1. The maximum absolute atomic E-state index is 9.62. The molecule has 4 atom stereocenters. The number of fused-ring (bicyclic) bond motifs is 1. The third-order valence-electron chi connectivity index (χ3n) is 4.25. The van der Waals surface area contributed by atoms with E-state index < -0.39 is 0 Å². The highest BCUT2D eigenvalue weighted by molar-refractivity contribution is 7.93. The first-order valence-corrected chi connectivity index (χ1v) is 6.50. The summed E-state index contributed by atoms with van der Waals surface area (Å²) in [7, 11) is 0. The van der Waals surface area contributed by atoms with Gasteiger partial charge in [-0.2, -0.15) is 0 Å². The van der Waals surface area contributed by atoms with E-state index in [0.717, 1.165) is 43.0 Å². The maximum atomic E-state index is 9.62. The lowest BCUT2D eigenvalue weighted by molar-refractivity contribution is 0.110. The molecule has 0 radical (unpaired) electrons. The molecule has 3 heteroatoms. The third-order valence-corrected chi connectivity index (χ3v) is 4.91. The van der Waals surface area contributed by atoms with Gasteiger partial charge in [-0.1, -0.05) is 13.8 Å². The van der Waals surface area contributed by atoms with Gasteiger partial charge >= 0.3 is 0 Å². The largest absolute Gasteiger partial charge is 0.393 e. The van der Waals surface area contributed by atoms with E-state index in [1.807, 2.05) is 0 Å². The summed E-state index contributed by atoms with van der Waals surface area (Å²) in [5, 5.41) is 9.62. The molecule has 2 N–H and O–H groups in total. The smallest absolute Gasteiger partial charge is 0.0543 e. The molecule has 14 heavy (non-hydrogen) atoms. The van der Waals surface area contributed by atoms with Gasteiger partial charge in [0.2, 0.25) is 0 Å². The van der Waals surface area contributed by atoms with Crippen LogP contribution in [-0.2, 0) is 0 Å². The van der Waals surface area contributed by atoms with E-state index in [2.05, 4.69) is 13.8 Å². The first-order chi connectivity index (χ1) is 6.62. The standard InChI is InChI=1S/C11H20O2S/c1-7(2)10-9-5-8(12)3-4-11(9,10)6-14-13/h7-10,12-13H,3-6H2,1-2H3. The van der Waals surface area contributed by atoms with Gasteiger partial charge in [0.05, 0.1) is 6.10 Å². The lowest BCUT2D eigenvalue weighted by Crippen LogP contribution is -2.21. The molecule has 0 aromatic heterocycles. The Kier molecular flexibility index (Phi) is 2.84. The molecule has 0 aromatic rings. The van der Waals surface area contributed by atoms with E-state index in [1.165, 1.54) is 0 Å². The second-order valence-corrected chi connectivity index (χ2v) is 5.86. The summed E-state index contributed by atoms with van der Waals surface area (Å²) in [4.78, 5) is 0. The molecule has 2 aliphatic carbocycles. The molecule has 2 rings (SSSR count). The van der Waals surface area contributed by atoms with Crippen LogP contribution in [0.2, 0.25) is 0 Å². The van der Waals surface area contributed by atoms with Crippen molar-refractivity contribution in [1.82, 2.24) is 0 Å². The van der Waals surface area contributed by atoms with E-state index >= 15 is 0 Å². The fourth-order valence-electron chi connectivity index (χ4n) is 3.72. The molecule has 82 valence electrons. The average molecular weight is 216 g/mol. The summed E-state index contributed by atoms with van der Waals surface area (Å²) in [5.41, 5.74) is 0.368. The van der Waals surface area contributed by atoms with Gasteiger partial charge in [-0.15, -0.1) is 0 Å². The second kappa shape index (κ2) is 3.69. The van der Waals surface area contributed by atoms with Crippen LogP contribution in [0.25, 0.3) is 0 Å². The van der Waals surface area contributed by atoms with Crippen LogP contribution >= 0.6 is 12.0 Å². The van der Waals surface area contributed by atoms with Gasteiger partial charge in [0.1, 0.15) is 0 Å². The van der Waals surface area contributed by atoms with Crippen molar-refractivity contribution in [3.63, 3.8) is 0 Å². The highest BCUT2D eigenvalue weighted by Gasteiger charge is 2.65. The summed E-state index contributed by atoms with van der Waals surface area (Å²) in [6.07, 6.45) is 2.92. The Labute approximate surface area is 90.3 Å². The van der Waals surface area contributed by atoms with Crippen LogP contribution in [0.15, 0.2) is 0 Å². The molecule has 0 saturated heterocycles. The highest BCUT2D eigenvalue weighted by Crippen LogP contribution is 2.69. The van der Waals surface area contributed by atoms with Crippen molar-refractivity contribution in [2.75, 3.05) is 5.75 Å². The van der Waals surface area contributed by atoms with Crippen LogP contribution < -0.4 is 0 Å². The molecule has 0 heterocycles. The normalized spacial score (nSPS) is 46.5. The fraction of sp³-hybridized carbons (Fsp3) is 1.00. The van der Waals surface area contributed by atoms with Crippen molar-refractivity contribution in [3.8, 4) is 0 Å². The molecular formula is C11H20O2S. The minimum absolute atomic E-state index is 0.0828. The van der Waals surface area contributed by atoms with Gasteiger partial charge in [-0.05, 0) is 54.5 Å². The molecule has 0 spiro atoms. The van der Waals surface area contributed by atoms with Crippen molar-refractivity contribution in [2.24, 2.45) is 23.2 Å². The van der Waals surface area contributed by atoms with E-state index in [-0.39, 0.29) is 6.10 Å². The Morgan fingerprint density at radius 1 is 1.50 bits per heavy atom. The predicted octanol–water partition coefficient (Wildman–Crippen LogP) is 2.63. The van der Waals surface area contributed by atoms with Crippen LogP contribution in [0.4, 0.5) is 0 Å². The highest BCUT2D eigenvalue weighted by atomic mass is 32.2. The zero-order valence-electron chi connectivity index (χ0n) is 8.94. The predicted molar refractivity (Wildman–Crippen MR) is 59.2 cm³/mol. The monoisotopic (exact) mass is 216 g/mol. The van der Waals surface area contributed by atoms with Crippen molar-refractivity contribution < 1.29 is 9.66 Å². The average Bonchev–Trinajstić information content (AvgIpc) is 2.73. The van der Waals surface area contributed by atoms with Gasteiger partial charge in [-0.3, -0.25) is 0 Å². The van der Waals surface area contributed by atoms with Crippen LogP contribution in [0.5, 0.6) is 0 Å². The Hall–Kier alpha value is 0.270. The fourth-order valence-corrected chi connectivity index (χ4v) is 4.51. The van der Waals surface area contributed by atoms with E-state index in [9.17, 15) is 5.11 Å². The summed E-state index contributed by atoms with van der Waals surface area (Å²) >= 11 is 0.989. The summed E-state index contributed by atoms with van der Waals surface area (Å²) < 4.78 is 9.03. The second-order valence-electron chi connectivity index (χ2n) is 5.31.